The molecule has 0 spiro atoms. The molecule has 4 aromatic rings. The van der Waals surface area contributed by atoms with Gasteiger partial charge in [-0.1, -0.05) is 66.2 Å². The Bertz CT molecular complexity index is 1370. The summed E-state index contributed by atoms with van der Waals surface area (Å²) in [5.74, 6) is 0.846. The van der Waals surface area contributed by atoms with E-state index in [1.807, 2.05) is 78.9 Å². The van der Waals surface area contributed by atoms with Gasteiger partial charge in [-0.15, -0.1) is 0 Å². The Balaban J connectivity index is 1.41. The Morgan fingerprint density at radius 1 is 0.970 bits per heavy atom. The van der Waals surface area contributed by atoms with Gasteiger partial charge in [0.15, 0.2) is 0 Å². The van der Waals surface area contributed by atoms with Crippen molar-refractivity contribution >= 4 is 23.3 Å². The molecule has 1 atom stereocenters. The van der Waals surface area contributed by atoms with E-state index in [-0.39, 0.29) is 17.9 Å². The maximum Gasteiger partial charge on any atom is 0.257 e. The summed E-state index contributed by atoms with van der Waals surface area (Å²) in [6.45, 7) is 0.389. The van der Waals surface area contributed by atoms with E-state index in [4.69, 9.17) is 16.3 Å². The van der Waals surface area contributed by atoms with Crippen molar-refractivity contribution in [2.45, 2.75) is 18.9 Å². The first-order chi connectivity index (χ1) is 16.1. The van der Waals surface area contributed by atoms with E-state index in [0.29, 0.717) is 34.6 Å². The number of hydrogen-bond donors (Lipinski definition) is 2. The molecular weight excluding hydrogens is 438 g/mol. The number of carbonyl (C=O) groups is 1. The Labute approximate surface area is 195 Å². The van der Waals surface area contributed by atoms with Gasteiger partial charge in [0.05, 0.1) is 5.56 Å². The first-order valence-electron chi connectivity index (χ1n) is 10.5. The predicted molar refractivity (Wildman–Crippen MR) is 128 cm³/mol. The minimum absolute atomic E-state index is 0.172. The van der Waals surface area contributed by atoms with E-state index >= 15 is 0 Å². The van der Waals surface area contributed by atoms with E-state index in [9.17, 15) is 9.59 Å². The number of fused-ring (bicyclic) bond motifs is 1. The van der Waals surface area contributed by atoms with Crippen molar-refractivity contribution < 1.29 is 9.53 Å². The highest BCUT2D eigenvalue weighted by atomic mass is 35.5. The number of ether oxygens (including phenoxy) is 1. The van der Waals surface area contributed by atoms with E-state index in [1.54, 1.807) is 0 Å². The number of halogens is 1. The van der Waals surface area contributed by atoms with Crippen LogP contribution < -0.4 is 15.6 Å². The minimum atomic E-state index is -0.392. The van der Waals surface area contributed by atoms with Crippen molar-refractivity contribution in [3.63, 3.8) is 0 Å². The molecule has 0 saturated carbocycles. The average molecular weight is 458 g/mol. The summed E-state index contributed by atoms with van der Waals surface area (Å²) in [4.78, 5) is 32.8. The topological polar surface area (TPSA) is 84.1 Å². The van der Waals surface area contributed by atoms with Crippen molar-refractivity contribution in [2.24, 2.45) is 0 Å². The molecule has 1 aliphatic rings. The number of nitrogens with one attached hydrogen (secondary N) is 2. The third-order valence-corrected chi connectivity index (χ3v) is 5.81. The largest absolute Gasteiger partial charge is 0.489 e. The molecule has 0 radical (unpaired) electrons. The molecule has 0 fully saturated rings. The molecule has 3 aromatic carbocycles. The van der Waals surface area contributed by atoms with Gasteiger partial charge in [-0.25, -0.2) is 4.98 Å². The van der Waals surface area contributed by atoms with Crippen molar-refractivity contribution in [3.05, 3.63) is 111 Å². The van der Waals surface area contributed by atoms with Crippen LogP contribution in [0.5, 0.6) is 5.75 Å². The molecule has 164 valence electrons. The lowest BCUT2D eigenvalue weighted by atomic mass is 9.87. The molecule has 6 nitrogen and oxygen atoms in total. The number of carbonyl (C=O) groups excluding carboxylic acids is 1. The minimum Gasteiger partial charge on any atom is -0.489 e. The highest BCUT2D eigenvalue weighted by Crippen LogP contribution is 2.35. The standard InChI is InChI=1S/C26H20ClN3O3/c27-19-8-4-5-16(13-19)15-33-20-11-9-17(10-12-20)21-14-22(31)28-25-23(21)26(32)30-24(29-25)18-6-2-1-3-7-18/h1-13,21H,14-15H2,(H2,28,29,30,31,32)/t21-/m0/s1. The second-order valence-corrected chi connectivity index (χ2v) is 8.27. The first-order valence-corrected chi connectivity index (χ1v) is 10.9. The second-order valence-electron chi connectivity index (χ2n) is 7.84. The van der Waals surface area contributed by atoms with E-state index < -0.39 is 5.92 Å². The summed E-state index contributed by atoms with van der Waals surface area (Å²) in [7, 11) is 0. The monoisotopic (exact) mass is 457 g/mol. The van der Waals surface area contributed by atoms with Crippen LogP contribution in [0.25, 0.3) is 11.4 Å². The number of aromatic amines is 1. The SMILES string of the molecule is O=C1C[C@@H](c2ccc(OCc3cccc(Cl)c3)cc2)c2c(nc(-c3ccccc3)[nH]c2=O)N1. The summed E-state index contributed by atoms with van der Waals surface area (Å²) in [5.41, 5.74) is 2.79. The van der Waals surface area contributed by atoms with E-state index in [1.165, 1.54) is 0 Å². The maximum atomic E-state index is 13.0. The third-order valence-electron chi connectivity index (χ3n) is 5.58. The summed E-state index contributed by atoms with van der Waals surface area (Å²) in [5, 5.41) is 3.42. The van der Waals surface area contributed by atoms with Crippen LogP contribution in [0.15, 0.2) is 83.7 Å². The fourth-order valence-electron chi connectivity index (χ4n) is 3.98. The van der Waals surface area contributed by atoms with Gasteiger partial charge in [0.2, 0.25) is 5.91 Å². The van der Waals surface area contributed by atoms with Crippen LogP contribution in [0.3, 0.4) is 0 Å². The fourth-order valence-corrected chi connectivity index (χ4v) is 4.19. The molecule has 2 heterocycles. The molecule has 33 heavy (non-hydrogen) atoms. The average Bonchev–Trinajstić information content (AvgIpc) is 2.83. The zero-order chi connectivity index (χ0) is 22.8. The van der Waals surface area contributed by atoms with Gasteiger partial charge in [0, 0.05) is 22.9 Å². The number of H-pyrrole nitrogens is 1. The predicted octanol–water partition coefficient (Wildman–Crippen LogP) is 5.14. The number of hydrogen-bond acceptors (Lipinski definition) is 4. The molecule has 5 rings (SSSR count). The Hall–Kier alpha value is -3.90. The van der Waals surface area contributed by atoms with Crippen LogP contribution in [0.4, 0.5) is 5.82 Å². The van der Waals surface area contributed by atoms with Gasteiger partial charge in [0.25, 0.3) is 5.56 Å². The Kier molecular flexibility index (Phi) is 5.67. The third kappa shape index (κ3) is 4.52. The van der Waals surface area contributed by atoms with Gasteiger partial charge >= 0.3 is 0 Å². The van der Waals surface area contributed by atoms with Gasteiger partial charge in [-0.05, 0) is 35.4 Å². The Morgan fingerprint density at radius 3 is 2.52 bits per heavy atom. The fraction of sp³-hybridized carbons (Fsp3) is 0.115. The van der Waals surface area contributed by atoms with Crippen molar-refractivity contribution in [1.29, 1.82) is 0 Å². The maximum absolute atomic E-state index is 13.0. The van der Waals surface area contributed by atoms with Crippen LogP contribution in [0.1, 0.15) is 29.0 Å². The molecule has 0 saturated heterocycles. The molecule has 0 aliphatic carbocycles. The van der Waals surface area contributed by atoms with Gasteiger partial charge in [-0.2, -0.15) is 0 Å². The summed E-state index contributed by atoms with van der Waals surface area (Å²) in [6.07, 6.45) is 0.172. The summed E-state index contributed by atoms with van der Waals surface area (Å²) >= 11 is 6.02. The van der Waals surface area contributed by atoms with Gasteiger partial charge in [-0.3, -0.25) is 9.59 Å². The smallest absolute Gasteiger partial charge is 0.257 e. The van der Waals surface area contributed by atoms with E-state index in [2.05, 4.69) is 15.3 Å². The molecule has 7 heteroatoms. The molecule has 1 aliphatic heterocycles. The molecular formula is C26H20ClN3O3. The van der Waals surface area contributed by atoms with Crippen molar-refractivity contribution in [2.75, 3.05) is 5.32 Å². The lowest BCUT2D eigenvalue weighted by molar-refractivity contribution is -0.116. The zero-order valence-electron chi connectivity index (χ0n) is 17.5. The zero-order valence-corrected chi connectivity index (χ0v) is 18.3. The highest BCUT2D eigenvalue weighted by Gasteiger charge is 2.31. The number of anilines is 1. The number of aromatic nitrogens is 2. The Morgan fingerprint density at radius 2 is 1.76 bits per heavy atom. The van der Waals surface area contributed by atoms with Gasteiger partial charge < -0.3 is 15.0 Å². The molecule has 1 amide bonds. The van der Waals surface area contributed by atoms with Crippen molar-refractivity contribution in [1.82, 2.24) is 9.97 Å². The lowest BCUT2D eigenvalue weighted by Crippen LogP contribution is -2.31. The van der Waals surface area contributed by atoms with Crippen LogP contribution in [0, 0.1) is 0 Å². The number of nitrogens with zero attached hydrogens (tertiary/aromatic N) is 1. The summed E-state index contributed by atoms with van der Waals surface area (Å²) < 4.78 is 5.85. The van der Waals surface area contributed by atoms with Crippen molar-refractivity contribution in [3.8, 4) is 17.1 Å². The van der Waals surface area contributed by atoms with Crippen LogP contribution in [0.2, 0.25) is 5.02 Å². The normalized spacial score (nSPS) is 14.9. The number of amides is 1. The molecule has 1 aromatic heterocycles. The lowest BCUT2D eigenvalue weighted by Gasteiger charge is -2.24. The quantitative estimate of drug-likeness (QED) is 0.434. The highest BCUT2D eigenvalue weighted by molar-refractivity contribution is 6.30. The molecule has 0 unspecified atom stereocenters. The van der Waals surface area contributed by atoms with Crippen LogP contribution in [-0.2, 0) is 11.4 Å². The van der Waals surface area contributed by atoms with Crippen LogP contribution in [-0.4, -0.2) is 15.9 Å². The first kappa shape index (κ1) is 21.0. The summed E-state index contributed by atoms with van der Waals surface area (Å²) in [6, 6.07) is 24.3. The second kappa shape index (κ2) is 8.92. The van der Waals surface area contributed by atoms with Gasteiger partial charge in [0.1, 0.15) is 24.0 Å². The van der Waals surface area contributed by atoms with Crippen LogP contribution >= 0.6 is 11.6 Å². The van der Waals surface area contributed by atoms with E-state index in [0.717, 1.165) is 16.7 Å². The molecule has 2 N–H and O–H groups in total. The number of benzene rings is 3. The number of rotatable bonds is 5. The molecule has 0 bridgehead atoms.